The van der Waals surface area contributed by atoms with E-state index in [1.807, 2.05) is 7.05 Å². The first kappa shape index (κ1) is 14.3. The summed E-state index contributed by atoms with van der Waals surface area (Å²) in [5.41, 5.74) is 5.63. The Labute approximate surface area is 113 Å². The number of nitrogen functional groups attached to an aromatic ring is 1. The van der Waals surface area contributed by atoms with Gasteiger partial charge in [0.15, 0.2) is 10.8 Å². The van der Waals surface area contributed by atoms with Crippen LogP contribution in [0.2, 0.25) is 0 Å². The molecule has 1 aliphatic heterocycles. The minimum atomic E-state index is -3.62. The average molecular weight is 287 g/mol. The number of nitrogens with zero attached hydrogens (tertiary/aromatic N) is 3. The maximum atomic E-state index is 12.4. The second-order valence-corrected chi connectivity index (χ2v) is 6.93. The maximum Gasteiger partial charge on any atom is 0.260 e. The third-order valence-corrected chi connectivity index (χ3v) is 5.20. The lowest BCUT2D eigenvalue weighted by atomic mass is 9.95. The second-order valence-electron chi connectivity index (χ2n) is 5.30. The summed E-state index contributed by atoms with van der Waals surface area (Å²) in [4.78, 5) is 6.02. The van der Waals surface area contributed by atoms with Crippen LogP contribution in [0, 0.1) is 5.92 Å². The second kappa shape index (κ2) is 5.10. The zero-order chi connectivity index (χ0) is 14.2. The Kier molecular flexibility index (Phi) is 3.84. The molecule has 0 aromatic carbocycles. The lowest BCUT2D eigenvalue weighted by molar-refractivity contribution is 0.188. The van der Waals surface area contributed by atoms with Gasteiger partial charge < -0.3 is 15.2 Å². The van der Waals surface area contributed by atoms with Gasteiger partial charge in [0, 0.05) is 19.6 Å². The number of piperidine rings is 1. The van der Waals surface area contributed by atoms with Crippen molar-refractivity contribution >= 4 is 15.8 Å². The molecule has 8 heteroatoms. The van der Waals surface area contributed by atoms with Crippen molar-refractivity contribution in [2.24, 2.45) is 13.0 Å². The van der Waals surface area contributed by atoms with Gasteiger partial charge in [-0.2, -0.15) is 0 Å². The zero-order valence-corrected chi connectivity index (χ0v) is 12.3. The molecule has 0 amide bonds. The van der Waals surface area contributed by atoms with Gasteiger partial charge in [0.25, 0.3) is 10.0 Å². The van der Waals surface area contributed by atoms with E-state index in [-0.39, 0.29) is 22.8 Å². The quantitative estimate of drug-likeness (QED) is 0.790. The van der Waals surface area contributed by atoms with Crippen LogP contribution in [0.1, 0.15) is 13.3 Å². The first-order chi connectivity index (χ1) is 8.81. The lowest BCUT2D eigenvalue weighted by Crippen LogP contribution is -2.49. The van der Waals surface area contributed by atoms with E-state index in [0.29, 0.717) is 0 Å². The van der Waals surface area contributed by atoms with Crippen LogP contribution in [0.5, 0.6) is 0 Å². The molecule has 1 aliphatic rings. The van der Waals surface area contributed by atoms with Gasteiger partial charge in [0.05, 0.1) is 6.33 Å². The number of hydrogen-bond acceptors (Lipinski definition) is 5. The Morgan fingerprint density at radius 3 is 2.68 bits per heavy atom. The van der Waals surface area contributed by atoms with Crippen LogP contribution in [0.4, 0.5) is 5.82 Å². The summed E-state index contributed by atoms with van der Waals surface area (Å²) in [5, 5.41) is 0.0404. The van der Waals surface area contributed by atoms with Crippen LogP contribution in [0.3, 0.4) is 0 Å². The largest absolute Gasteiger partial charge is 0.381 e. The molecule has 2 rings (SSSR count). The number of imidazole rings is 1. The molecular formula is C11H21N5O2S. The Hall–Kier alpha value is -1.12. The molecule has 0 saturated carbocycles. The molecule has 2 heterocycles. The summed E-state index contributed by atoms with van der Waals surface area (Å²) in [5.74, 6) is 0.304. The van der Waals surface area contributed by atoms with Crippen LogP contribution in [-0.4, -0.2) is 49.0 Å². The number of rotatable bonds is 3. The van der Waals surface area contributed by atoms with Crippen LogP contribution in [0.15, 0.2) is 11.4 Å². The van der Waals surface area contributed by atoms with Crippen molar-refractivity contribution in [3.8, 4) is 0 Å². The summed E-state index contributed by atoms with van der Waals surface area (Å²) < 4.78 is 28.9. The van der Waals surface area contributed by atoms with Crippen molar-refractivity contribution in [2.45, 2.75) is 24.4 Å². The lowest BCUT2D eigenvalue weighted by Gasteiger charge is -2.34. The van der Waals surface area contributed by atoms with Crippen LogP contribution in [0.25, 0.3) is 0 Å². The Morgan fingerprint density at radius 1 is 1.47 bits per heavy atom. The molecular weight excluding hydrogens is 266 g/mol. The van der Waals surface area contributed by atoms with Crippen molar-refractivity contribution in [2.75, 3.05) is 25.9 Å². The summed E-state index contributed by atoms with van der Waals surface area (Å²) in [6, 6.07) is -0.0597. The number of nitrogens with one attached hydrogen (secondary N) is 1. The molecule has 1 fully saturated rings. The molecule has 3 N–H and O–H groups in total. The molecule has 0 bridgehead atoms. The van der Waals surface area contributed by atoms with Gasteiger partial charge in [0.2, 0.25) is 0 Å². The number of sulfonamides is 1. The minimum absolute atomic E-state index is 0.0376. The van der Waals surface area contributed by atoms with Crippen LogP contribution < -0.4 is 10.5 Å². The molecule has 1 saturated heterocycles. The molecule has 7 nitrogen and oxygen atoms in total. The van der Waals surface area contributed by atoms with Gasteiger partial charge in [0.1, 0.15) is 0 Å². The third kappa shape index (κ3) is 2.90. The van der Waals surface area contributed by atoms with Crippen LogP contribution >= 0.6 is 0 Å². The Bertz CT molecular complexity index is 534. The average Bonchev–Trinajstić information content (AvgIpc) is 2.63. The number of aromatic nitrogens is 2. The topological polar surface area (TPSA) is 93.2 Å². The molecule has 0 spiro atoms. The molecule has 19 heavy (non-hydrogen) atoms. The van der Waals surface area contributed by atoms with Crippen molar-refractivity contribution in [1.29, 1.82) is 0 Å². The predicted molar refractivity (Wildman–Crippen MR) is 73.0 cm³/mol. The van der Waals surface area contributed by atoms with E-state index in [4.69, 9.17) is 5.73 Å². The number of aryl methyl sites for hydroxylation is 1. The van der Waals surface area contributed by atoms with Crippen molar-refractivity contribution < 1.29 is 8.42 Å². The molecule has 0 radical (unpaired) electrons. The molecule has 0 aliphatic carbocycles. The first-order valence-corrected chi connectivity index (χ1v) is 7.77. The number of likely N-dealkylation sites (tertiary alicyclic amines) is 1. The van der Waals surface area contributed by atoms with Gasteiger partial charge in [-0.05, 0) is 25.9 Å². The van der Waals surface area contributed by atoms with Gasteiger partial charge >= 0.3 is 0 Å². The fourth-order valence-electron chi connectivity index (χ4n) is 2.55. The highest BCUT2D eigenvalue weighted by Gasteiger charge is 2.31. The van der Waals surface area contributed by atoms with E-state index in [1.165, 1.54) is 10.9 Å². The van der Waals surface area contributed by atoms with Gasteiger partial charge in [-0.25, -0.2) is 18.1 Å². The summed E-state index contributed by atoms with van der Waals surface area (Å²) in [6.45, 7) is 3.82. The molecule has 1 aromatic heterocycles. The molecule has 2 unspecified atom stereocenters. The van der Waals surface area contributed by atoms with E-state index < -0.39 is 10.0 Å². The highest BCUT2D eigenvalue weighted by molar-refractivity contribution is 7.89. The number of anilines is 1. The van der Waals surface area contributed by atoms with E-state index >= 15 is 0 Å². The van der Waals surface area contributed by atoms with Gasteiger partial charge in [-0.15, -0.1) is 0 Å². The van der Waals surface area contributed by atoms with Crippen molar-refractivity contribution in [3.05, 3.63) is 6.33 Å². The van der Waals surface area contributed by atoms with Gasteiger partial charge in [-0.1, -0.05) is 6.92 Å². The van der Waals surface area contributed by atoms with Gasteiger partial charge in [-0.3, -0.25) is 0 Å². The van der Waals surface area contributed by atoms with E-state index in [9.17, 15) is 8.42 Å². The highest BCUT2D eigenvalue weighted by Crippen LogP contribution is 2.20. The zero-order valence-electron chi connectivity index (χ0n) is 11.5. The fourth-order valence-corrected chi connectivity index (χ4v) is 4.16. The van der Waals surface area contributed by atoms with Crippen molar-refractivity contribution in [1.82, 2.24) is 19.2 Å². The summed E-state index contributed by atoms with van der Waals surface area (Å²) in [6.07, 6.45) is 2.20. The minimum Gasteiger partial charge on any atom is -0.381 e. The Balaban J connectivity index is 2.18. The SMILES string of the molecule is CC1CN(C)CCC1NS(=O)(=O)c1c(N)ncn1C. The Morgan fingerprint density at radius 2 is 2.16 bits per heavy atom. The number of nitrogens with two attached hydrogens (primary N) is 1. The number of hydrogen-bond donors (Lipinski definition) is 2. The van der Waals surface area contributed by atoms with Crippen LogP contribution in [-0.2, 0) is 17.1 Å². The normalized spacial score (nSPS) is 25.6. The van der Waals surface area contributed by atoms with E-state index in [2.05, 4.69) is 21.5 Å². The summed E-state index contributed by atoms with van der Waals surface area (Å²) >= 11 is 0. The molecule has 1 aromatic rings. The fraction of sp³-hybridized carbons (Fsp3) is 0.727. The standard InChI is InChI=1S/C11H21N5O2S/c1-8-6-15(2)5-4-9(8)14-19(17,18)11-10(12)13-7-16(11)3/h7-9,14H,4-6,12H2,1-3H3. The van der Waals surface area contributed by atoms with E-state index in [1.54, 1.807) is 7.05 Å². The third-order valence-electron chi connectivity index (χ3n) is 3.58. The monoisotopic (exact) mass is 287 g/mol. The smallest absolute Gasteiger partial charge is 0.260 e. The maximum absolute atomic E-state index is 12.4. The van der Waals surface area contributed by atoms with E-state index in [0.717, 1.165) is 19.5 Å². The molecule has 108 valence electrons. The first-order valence-electron chi connectivity index (χ1n) is 6.29. The predicted octanol–water partition coefficient (Wildman–Crippen LogP) is -0.379. The van der Waals surface area contributed by atoms with Crippen molar-refractivity contribution in [3.63, 3.8) is 0 Å². The summed E-state index contributed by atoms with van der Waals surface area (Å²) in [7, 11) is 0.0417. The highest BCUT2D eigenvalue weighted by atomic mass is 32.2. The molecule has 2 atom stereocenters.